The molecule has 1 fully saturated rings. The number of aromatic nitrogens is 1. The van der Waals surface area contributed by atoms with E-state index in [4.69, 9.17) is 9.88 Å². The molecule has 0 spiro atoms. The van der Waals surface area contributed by atoms with E-state index in [1.54, 1.807) is 4.57 Å². The summed E-state index contributed by atoms with van der Waals surface area (Å²) in [5.74, 6) is -0.295. The number of rotatable bonds is 4. The van der Waals surface area contributed by atoms with Gasteiger partial charge in [-0.2, -0.15) is 0 Å². The molecule has 2 heterocycles. The summed E-state index contributed by atoms with van der Waals surface area (Å²) >= 11 is 0. The van der Waals surface area contributed by atoms with Crippen LogP contribution in [-0.2, 0) is 21.3 Å². The Hall–Kier alpha value is -1.38. The summed E-state index contributed by atoms with van der Waals surface area (Å²) in [6.07, 6.45) is 2.85. The zero-order valence-corrected chi connectivity index (χ0v) is 13.1. The summed E-state index contributed by atoms with van der Waals surface area (Å²) in [5.41, 5.74) is -0.0332. The third-order valence-corrected chi connectivity index (χ3v) is 4.67. The standard InChI is InChI=1S/C13H21N3O4S/c1-3-16-9-10(21(14,18)19)8-11(16)12(17)15-13(2)4-6-20-7-5-13/h8-9H,3-7H2,1-2H3,(H,15,17)(H2,14,18,19). The Bertz CT molecular complexity index is 630. The predicted octanol–water partition coefficient (Wildman–Crippen LogP) is 0.454. The van der Waals surface area contributed by atoms with Crippen molar-refractivity contribution in [2.75, 3.05) is 13.2 Å². The molecule has 21 heavy (non-hydrogen) atoms. The smallest absolute Gasteiger partial charge is 0.268 e. The minimum absolute atomic E-state index is 0.0494. The quantitative estimate of drug-likeness (QED) is 0.842. The van der Waals surface area contributed by atoms with E-state index in [0.29, 0.717) is 25.5 Å². The third kappa shape index (κ3) is 3.63. The lowest BCUT2D eigenvalue weighted by Crippen LogP contribution is -2.49. The molecular weight excluding hydrogens is 294 g/mol. The number of nitrogens with one attached hydrogen (secondary N) is 1. The average Bonchev–Trinajstić information content (AvgIpc) is 2.83. The van der Waals surface area contributed by atoms with E-state index in [1.807, 2.05) is 13.8 Å². The Morgan fingerprint density at radius 2 is 2.10 bits per heavy atom. The minimum atomic E-state index is -3.82. The average molecular weight is 315 g/mol. The van der Waals surface area contributed by atoms with Gasteiger partial charge in [0.1, 0.15) is 10.6 Å². The minimum Gasteiger partial charge on any atom is -0.381 e. The Morgan fingerprint density at radius 3 is 2.62 bits per heavy atom. The fraction of sp³-hybridized carbons (Fsp3) is 0.615. The summed E-state index contributed by atoms with van der Waals surface area (Å²) in [6, 6.07) is 1.32. The van der Waals surface area contributed by atoms with Crippen molar-refractivity contribution in [3.05, 3.63) is 18.0 Å². The lowest BCUT2D eigenvalue weighted by atomic mass is 9.92. The van der Waals surface area contributed by atoms with Crippen LogP contribution in [0.3, 0.4) is 0 Å². The number of hydrogen-bond donors (Lipinski definition) is 2. The molecule has 1 aliphatic rings. The Morgan fingerprint density at radius 1 is 1.48 bits per heavy atom. The summed E-state index contributed by atoms with van der Waals surface area (Å²) in [4.78, 5) is 12.4. The first-order valence-electron chi connectivity index (χ1n) is 6.88. The van der Waals surface area contributed by atoms with Gasteiger partial charge < -0.3 is 14.6 Å². The largest absolute Gasteiger partial charge is 0.381 e. The molecular formula is C13H21N3O4S. The van der Waals surface area contributed by atoms with Crippen LogP contribution in [0, 0.1) is 0 Å². The first-order valence-corrected chi connectivity index (χ1v) is 8.43. The molecule has 7 nitrogen and oxygen atoms in total. The second-order valence-corrected chi connectivity index (χ2v) is 7.08. The first-order chi connectivity index (χ1) is 9.75. The van der Waals surface area contributed by atoms with Crippen LogP contribution in [0.1, 0.15) is 37.2 Å². The van der Waals surface area contributed by atoms with Crippen molar-refractivity contribution >= 4 is 15.9 Å². The maximum absolute atomic E-state index is 12.4. The topological polar surface area (TPSA) is 103 Å². The summed E-state index contributed by atoms with van der Waals surface area (Å²) in [6.45, 7) is 5.49. The van der Waals surface area contributed by atoms with Gasteiger partial charge in [-0.05, 0) is 32.8 Å². The third-order valence-electron chi connectivity index (χ3n) is 3.79. The Balaban J connectivity index is 2.24. The highest BCUT2D eigenvalue weighted by Crippen LogP contribution is 2.21. The van der Waals surface area contributed by atoms with E-state index >= 15 is 0 Å². The summed E-state index contributed by atoms with van der Waals surface area (Å²) in [5, 5.41) is 8.09. The number of hydrogen-bond acceptors (Lipinski definition) is 4. The summed E-state index contributed by atoms with van der Waals surface area (Å²) < 4.78 is 29.7. The van der Waals surface area contributed by atoms with Gasteiger partial charge in [0, 0.05) is 31.5 Å². The van der Waals surface area contributed by atoms with Crippen molar-refractivity contribution < 1.29 is 17.9 Å². The van der Waals surface area contributed by atoms with Crippen molar-refractivity contribution in [1.29, 1.82) is 0 Å². The van der Waals surface area contributed by atoms with Crippen molar-refractivity contribution in [2.45, 2.75) is 43.7 Å². The zero-order valence-electron chi connectivity index (χ0n) is 12.3. The molecule has 2 rings (SSSR count). The maximum Gasteiger partial charge on any atom is 0.268 e. The number of nitrogens with two attached hydrogens (primary N) is 1. The molecule has 0 radical (unpaired) electrons. The molecule has 8 heteroatoms. The van der Waals surface area contributed by atoms with E-state index in [2.05, 4.69) is 5.32 Å². The second kappa shape index (κ2) is 5.78. The first kappa shape index (κ1) is 16.0. The molecule has 1 aliphatic heterocycles. The number of primary sulfonamides is 1. The number of carbonyl (C=O) groups is 1. The molecule has 0 bridgehead atoms. The van der Waals surface area contributed by atoms with Gasteiger partial charge in [-0.3, -0.25) is 4.79 Å². The molecule has 118 valence electrons. The fourth-order valence-electron chi connectivity index (χ4n) is 2.38. The van der Waals surface area contributed by atoms with Gasteiger partial charge in [0.2, 0.25) is 10.0 Å². The number of sulfonamides is 1. The molecule has 0 saturated carbocycles. The molecule has 0 aromatic carbocycles. The van der Waals surface area contributed by atoms with Crippen LogP contribution in [0.5, 0.6) is 0 Å². The van der Waals surface area contributed by atoms with Crippen LogP contribution in [-0.4, -0.2) is 37.6 Å². The predicted molar refractivity (Wildman–Crippen MR) is 77.4 cm³/mol. The molecule has 1 aromatic heterocycles. The van der Waals surface area contributed by atoms with Crippen LogP contribution in [0.15, 0.2) is 17.2 Å². The van der Waals surface area contributed by atoms with Crippen LogP contribution in [0.4, 0.5) is 0 Å². The van der Waals surface area contributed by atoms with Gasteiger partial charge in [-0.25, -0.2) is 13.6 Å². The number of nitrogens with zero attached hydrogens (tertiary/aromatic N) is 1. The second-order valence-electron chi connectivity index (χ2n) is 5.52. The lowest BCUT2D eigenvalue weighted by molar-refractivity contribution is 0.0420. The van der Waals surface area contributed by atoms with E-state index < -0.39 is 10.0 Å². The lowest BCUT2D eigenvalue weighted by Gasteiger charge is -2.34. The van der Waals surface area contributed by atoms with E-state index in [-0.39, 0.29) is 16.3 Å². The molecule has 0 unspecified atom stereocenters. The highest BCUT2D eigenvalue weighted by Gasteiger charge is 2.30. The monoisotopic (exact) mass is 315 g/mol. The van der Waals surface area contributed by atoms with Gasteiger partial charge in [0.05, 0.1) is 0 Å². The van der Waals surface area contributed by atoms with Gasteiger partial charge in [0.15, 0.2) is 0 Å². The maximum atomic E-state index is 12.4. The van der Waals surface area contributed by atoms with E-state index in [0.717, 1.165) is 12.8 Å². The number of ether oxygens (including phenoxy) is 1. The van der Waals surface area contributed by atoms with Gasteiger partial charge in [-0.15, -0.1) is 0 Å². The van der Waals surface area contributed by atoms with Crippen molar-refractivity contribution in [3.8, 4) is 0 Å². The van der Waals surface area contributed by atoms with Gasteiger partial charge in [-0.1, -0.05) is 0 Å². The molecule has 1 saturated heterocycles. The Kier molecular flexibility index (Phi) is 4.40. The van der Waals surface area contributed by atoms with E-state index in [9.17, 15) is 13.2 Å². The number of amides is 1. The molecule has 1 aromatic rings. The van der Waals surface area contributed by atoms with Crippen LogP contribution in [0.2, 0.25) is 0 Å². The molecule has 1 amide bonds. The Labute approximate surface area is 124 Å². The van der Waals surface area contributed by atoms with Crippen molar-refractivity contribution in [3.63, 3.8) is 0 Å². The fourth-order valence-corrected chi connectivity index (χ4v) is 2.93. The normalized spacial score (nSPS) is 18.4. The molecule has 0 aliphatic carbocycles. The van der Waals surface area contributed by atoms with Crippen molar-refractivity contribution in [1.82, 2.24) is 9.88 Å². The van der Waals surface area contributed by atoms with Crippen LogP contribution in [0.25, 0.3) is 0 Å². The van der Waals surface area contributed by atoms with Crippen LogP contribution >= 0.6 is 0 Å². The highest BCUT2D eigenvalue weighted by atomic mass is 32.2. The highest BCUT2D eigenvalue weighted by molar-refractivity contribution is 7.89. The summed E-state index contributed by atoms with van der Waals surface area (Å²) in [7, 11) is -3.82. The number of aryl methyl sites for hydroxylation is 1. The van der Waals surface area contributed by atoms with Crippen LogP contribution < -0.4 is 10.5 Å². The molecule has 3 N–H and O–H groups in total. The zero-order chi connectivity index (χ0) is 15.7. The number of carbonyl (C=O) groups excluding carboxylic acids is 1. The molecule has 0 atom stereocenters. The van der Waals surface area contributed by atoms with E-state index in [1.165, 1.54) is 12.3 Å². The SMILES string of the molecule is CCn1cc(S(N)(=O)=O)cc1C(=O)NC1(C)CCOCC1. The van der Waals surface area contributed by atoms with Crippen molar-refractivity contribution in [2.24, 2.45) is 5.14 Å². The van der Waals surface area contributed by atoms with Gasteiger partial charge >= 0.3 is 0 Å². The van der Waals surface area contributed by atoms with Gasteiger partial charge in [0.25, 0.3) is 5.91 Å².